The third-order valence-electron chi connectivity index (χ3n) is 5.65. The molecule has 1 unspecified atom stereocenters. The van der Waals surface area contributed by atoms with Crippen LogP contribution in [0.5, 0.6) is 0 Å². The fraction of sp³-hybridized carbons (Fsp3) is 0.381. The summed E-state index contributed by atoms with van der Waals surface area (Å²) in [5.41, 5.74) is 6.69. The van der Waals surface area contributed by atoms with Gasteiger partial charge in [-0.3, -0.25) is 13.9 Å². The number of nitrogens with zero attached hydrogens (tertiary/aromatic N) is 7. The molecule has 4 rings (SSSR count). The number of benzene rings is 1. The highest BCUT2D eigenvalue weighted by atomic mass is 16.2. The van der Waals surface area contributed by atoms with Gasteiger partial charge in [0.2, 0.25) is 5.95 Å². The van der Waals surface area contributed by atoms with Gasteiger partial charge < -0.3 is 10.6 Å². The Morgan fingerprint density at radius 1 is 1.23 bits per heavy atom. The maximum Gasteiger partial charge on any atom is 0.333 e. The van der Waals surface area contributed by atoms with Crippen LogP contribution in [0.1, 0.15) is 24.0 Å². The lowest BCUT2D eigenvalue weighted by Crippen LogP contribution is -2.44. The van der Waals surface area contributed by atoms with Crippen molar-refractivity contribution in [2.75, 3.05) is 18.0 Å². The van der Waals surface area contributed by atoms with Gasteiger partial charge in [-0.1, -0.05) is 18.2 Å². The molecule has 1 aliphatic rings. The second-order valence-electron chi connectivity index (χ2n) is 7.68. The highest BCUT2D eigenvalue weighted by Crippen LogP contribution is 2.25. The van der Waals surface area contributed by atoms with Crippen LogP contribution in [0.25, 0.3) is 11.2 Å². The van der Waals surface area contributed by atoms with Gasteiger partial charge in [-0.15, -0.1) is 0 Å². The highest BCUT2D eigenvalue weighted by molar-refractivity contribution is 5.75. The van der Waals surface area contributed by atoms with E-state index in [4.69, 9.17) is 11.0 Å². The van der Waals surface area contributed by atoms with E-state index < -0.39 is 11.2 Å². The third kappa shape index (κ3) is 3.47. The van der Waals surface area contributed by atoms with Crippen molar-refractivity contribution >= 4 is 17.1 Å². The Hall–Kier alpha value is -3.89. The first-order valence-corrected chi connectivity index (χ1v) is 10.0. The quantitative estimate of drug-likeness (QED) is 0.641. The molecule has 0 saturated carbocycles. The normalized spacial score (nSPS) is 16.3. The SMILES string of the molecule is Cn1c(=O)n(CC#N)c(=O)c2c1nc(N1CCCC(N)C1)n2Cc1ccccc1C#N. The van der Waals surface area contributed by atoms with E-state index in [1.807, 2.05) is 23.1 Å². The van der Waals surface area contributed by atoms with Crippen LogP contribution in [-0.2, 0) is 20.1 Å². The molecule has 1 atom stereocenters. The molecule has 0 aliphatic carbocycles. The van der Waals surface area contributed by atoms with Gasteiger partial charge in [-0.05, 0) is 24.5 Å². The summed E-state index contributed by atoms with van der Waals surface area (Å²) in [6, 6.07) is 11.2. The summed E-state index contributed by atoms with van der Waals surface area (Å²) in [5, 5.41) is 18.6. The van der Waals surface area contributed by atoms with Crippen molar-refractivity contribution in [3.05, 3.63) is 56.2 Å². The lowest BCUT2D eigenvalue weighted by Gasteiger charge is -2.32. The minimum Gasteiger partial charge on any atom is -0.341 e. The molecule has 2 N–H and O–H groups in total. The average Bonchev–Trinajstić information content (AvgIpc) is 3.15. The zero-order valence-corrected chi connectivity index (χ0v) is 17.2. The number of aromatic nitrogens is 4. The number of hydrogen-bond acceptors (Lipinski definition) is 7. The van der Waals surface area contributed by atoms with Crippen molar-refractivity contribution in [1.29, 1.82) is 10.5 Å². The van der Waals surface area contributed by atoms with Gasteiger partial charge in [0.15, 0.2) is 11.2 Å². The Kier molecular flexibility index (Phi) is 5.32. The molecule has 31 heavy (non-hydrogen) atoms. The number of anilines is 1. The molecule has 10 heteroatoms. The summed E-state index contributed by atoms with van der Waals surface area (Å²) in [6.07, 6.45) is 1.79. The van der Waals surface area contributed by atoms with E-state index in [-0.39, 0.29) is 30.3 Å². The Bertz CT molecular complexity index is 1350. The van der Waals surface area contributed by atoms with Crippen molar-refractivity contribution in [2.45, 2.75) is 32.0 Å². The number of aryl methyl sites for hydroxylation is 1. The van der Waals surface area contributed by atoms with Gasteiger partial charge in [0.25, 0.3) is 5.56 Å². The Morgan fingerprint density at radius 2 is 2.00 bits per heavy atom. The van der Waals surface area contributed by atoms with E-state index in [9.17, 15) is 14.9 Å². The van der Waals surface area contributed by atoms with Gasteiger partial charge in [-0.2, -0.15) is 15.5 Å². The first-order valence-electron chi connectivity index (χ1n) is 10.0. The van der Waals surface area contributed by atoms with E-state index in [0.29, 0.717) is 18.1 Å². The zero-order chi connectivity index (χ0) is 22.1. The summed E-state index contributed by atoms with van der Waals surface area (Å²) in [7, 11) is 1.53. The standard InChI is InChI=1S/C21H22N8O2/c1-26-18-17(19(30)28(10-8-22)21(26)31)29(12-15-6-3-2-5-14(15)11-23)20(25-18)27-9-4-7-16(24)13-27/h2-3,5-6,16H,4,7,9-10,12-13,24H2,1H3. The summed E-state index contributed by atoms with van der Waals surface area (Å²) in [4.78, 5) is 32.6. The predicted molar refractivity (Wildman–Crippen MR) is 115 cm³/mol. The zero-order valence-electron chi connectivity index (χ0n) is 17.2. The summed E-state index contributed by atoms with van der Waals surface area (Å²) in [6.45, 7) is 1.16. The average molecular weight is 418 g/mol. The molecule has 10 nitrogen and oxygen atoms in total. The summed E-state index contributed by atoms with van der Waals surface area (Å²) >= 11 is 0. The van der Waals surface area contributed by atoms with Crippen LogP contribution in [-0.4, -0.2) is 37.8 Å². The lowest BCUT2D eigenvalue weighted by atomic mass is 10.1. The van der Waals surface area contributed by atoms with Crippen molar-refractivity contribution in [3.8, 4) is 12.1 Å². The van der Waals surface area contributed by atoms with E-state index in [1.165, 1.54) is 11.6 Å². The van der Waals surface area contributed by atoms with Gasteiger partial charge in [0.1, 0.15) is 6.54 Å². The van der Waals surface area contributed by atoms with Crippen LogP contribution in [0, 0.1) is 22.7 Å². The third-order valence-corrected chi connectivity index (χ3v) is 5.65. The lowest BCUT2D eigenvalue weighted by molar-refractivity contribution is 0.495. The highest BCUT2D eigenvalue weighted by Gasteiger charge is 2.26. The van der Waals surface area contributed by atoms with Crippen molar-refractivity contribution < 1.29 is 0 Å². The van der Waals surface area contributed by atoms with Crippen molar-refractivity contribution in [3.63, 3.8) is 0 Å². The van der Waals surface area contributed by atoms with Gasteiger partial charge >= 0.3 is 5.69 Å². The largest absolute Gasteiger partial charge is 0.341 e. The molecular formula is C21H22N8O2. The predicted octanol–water partition coefficient (Wildman–Crippen LogP) is 0.268. The van der Waals surface area contributed by atoms with E-state index in [1.54, 1.807) is 16.7 Å². The van der Waals surface area contributed by atoms with Crippen LogP contribution in [0.4, 0.5) is 5.95 Å². The molecule has 158 valence electrons. The Balaban J connectivity index is 2.01. The molecule has 0 spiro atoms. The van der Waals surface area contributed by atoms with Crippen LogP contribution in [0.15, 0.2) is 33.9 Å². The second-order valence-corrected chi connectivity index (χ2v) is 7.68. The van der Waals surface area contributed by atoms with E-state index in [0.717, 1.165) is 29.5 Å². The summed E-state index contributed by atoms with van der Waals surface area (Å²) < 4.78 is 3.93. The van der Waals surface area contributed by atoms with Gasteiger partial charge in [0, 0.05) is 26.2 Å². The number of nitrogens with two attached hydrogens (primary N) is 1. The van der Waals surface area contributed by atoms with E-state index >= 15 is 0 Å². The molecule has 0 radical (unpaired) electrons. The van der Waals surface area contributed by atoms with Crippen LogP contribution in [0.3, 0.4) is 0 Å². The Labute approximate surface area is 178 Å². The number of piperidine rings is 1. The Morgan fingerprint density at radius 3 is 2.71 bits per heavy atom. The monoisotopic (exact) mass is 418 g/mol. The minimum atomic E-state index is -0.594. The maximum absolute atomic E-state index is 13.2. The molecule has 0 bridgehead atoms. The molecule has 1 saturated heterocycles. The van der Waals surface area contributed by atoms with E-state index in [2.05, 4.69) is 11.1 Å². The molecule has 3 heterocycles. The topological polar surface area (TPSA) is 139 Å². The number of imidazole rings is 1. The van der Waals surface area contributed by atoms with Gasteiger partial charge in [0.05, 0.1) is 24.2 Å². The molecule has 1 aromatic carbocycles. The molecule has 1 fully saturated rings. The first kappa shape index (κ1) is 20.4. The van der Waals surface area contributed by atoms with Crippen molar-refractivity contribution in [1.82, 2.24) is 18.7 Å². The fourth-order valence-electron chi connectivity index (χ4n) is 4.09. The minimum absolute atomic E-state index is 0.0209. The second kappa shape index (κ2) is 8.09. The molecular weight excluding hydrogens is 396 g/mol. The molecule has 2 aromatic heterocycles. The summed E-state index contributed by atoms with van der Waals surface area (Å²) in [5.74, 6) is 0.528. The number of rotatable bonds is 4. The van der Waals surface area contributed by atoms with Crippen LogP contribution >= 0.6 is 0 Å². The van der Waals surface area contributed by atoms with Crippen molar-refractivity contribution in [2.24, 2.45) is 12.8 Å². The smallest absolute Gasteiger partial charge is 0.333 e. The number of fused-ring (bicyclic) bond motifs is 1. The van der Waals surface area contributed by atoms with Crippen LogP contribution in [0.2, 0.25) is 0 Å². The number of nitriles is 2. The molecule has 1 aliphatic heterocycles. The first-order chi connectivity index (χ1) is 15.0. The number of hydrogen-bond donors (Lipinski definition) is 1. The van der Waals surface area contributed by atoms with Crippen LogP contribution < -0.4 is 21.9 Å². The maximum atomic E-state index is 13.2. The molecule has 0 amide bonds. The van der Waals surface area contributed by atoms with Gasteiger partial charge in [-0.25, -0.2) is 9.36 Å². The molecule has 3 aromatic rings. The fourth-order valence-corrected chi connectivity index (χ4v) is 4.09.